The molecule has 0 bridgehead atoms. The van der Waals surface area contributed by atoms with Gasteiger partial charge in [-0.3, -0.25) is 4.79 Å². The quantitative estimate of drug-likeness (QED) is 0.613. The lowest BCUT2D eigenvalue weighted by Crippen LogP contribution is -2.44. The number of nitrogens with one attached hydrogen (secondary N) is 1. The second-order valence-corrected chi connectivity index (χ2v) is 7.45. The minimum atomic E-state index is -0.124. The van der Waals surface area contributed by atoms with Crippen LogP contribution < -0.4 is 5.32 Å². The Morgan fingerprint density at radius 2 is 1.80 bits per heavy atom. The van der Waals surface area contributed by atoms with E-state index in [1.165, 1.54) is 0 Å². The summed E-state index contributed by atoms with van der Waals surface area (Å²) in [6.45, 7) is 16.7. The first-order valence-corrected chi connectivity index (χ1v) is 9.86. The Kier molecular flexibility index (Phi) is 9.19. The molecule has 5 nitrogen and oxygen atoms in total. The fourth-order valence-corrected chi connectivity index (χ4v) is 3.56. The Bertz CT molecular complexity index is 521. The summed E-state index contributed by atoms with van der Waals surface area (Å²) in [7, 11) is 0. The molecular weight excluding hydrogens is 314 g/mol. The zero-order valence-corrected chi connectivity index (χ0v) is 17.1. The van der Waals surface area contributed by atoms with Gasteiger partial charge in [0.05, 0.1) is 0 Å². The van der Waals surface area contributed by atoms with Crippen molar-refractivity contribution in [2.24, 2.45) is 5.41 Å². The molecule has 0 aliphatic rings. The van der Waals surface area contributed by atoms with Crippen LogP contribution in [0.15, 0.2) is 4.52 Å². The van der Waals surface area contributed by atoms with E-state index in [0.717, 1.165) is 63.1 Å². The maximum absolute atomic E-state index is 12.5. The monoisotopic (exact) mass is 351 g/mol. The van der Waals surface area contributed by atoms with Gasteiger partial charge >= 0.3 is 0 Å². The van der Waals surface area contributed by atoms with Crippen molar-refractivity contribution >= 4 is 5.91 Å². The molecule has 0 saturated heterocycles. The van der Waals surface area contributed by atoms with Crippen LogP contribution in [-0.4, -0.2) is 42.1 Å². The highest BCUT2D eigenvalue weighted by molar-refractivity contribution is 5.93. The van der Waals surface area contributed by atoms with Crippen molar-refractivity contribution in [1.82, 2.24) is 15.4 Å². The van der Waals surface area contributed by atoms with Gasteiger partial charge in [-0.05, 0) is 44.7 Å². The average Bonchev–Trinajstić information content (AvgIpc) is 2.94. The lowest BCUT2D eigenvalue weighted by Gasteiger charge is -2.35. The number of aryl methyl sites for hydroxylation is 1. The van der Waals surface area contributed by atoms with Crippen LogP contribution in [0, 0.1) is 12.3 Å². The van der Waals surface area contributed by atoms with E-state index in [0.29, 0.717) is 12.2 Å². The van der Waals surface area contributed by atoms with Crippen molar-refractivity contribution in [1.29, 1.82) is 0 Å². The second-order valence-electron chi connectivity index (χ2n) is 7.45. The normalized spacial score (nSPS) is 13.9. The largest absolute Gasteiger partial charge is 0.360 e. The topological polar surface area (TPSA) is 58.4 Å². The predicted octanol–water partition coefficient (Wildman–Crippen LogP) is 4.20. The van der Waals surface area contributed by atoms with Gasteiger partial charge in [0.1, 0.15) is 5.76 Å². The van der Waals surface area contributed by atoms with Crippen molar-refractivity contribution in [2.45, 2.75) is 73.6 Å². The van der Waals surface area contributed by atoms with E-state index in [4.69, 9.17) is 4.52 Å². The van der Waals surface area contributed by atoms with Crippen LogP contribution in [0.5, 0.6) is 0 Å². The number of carbonyl (C=O) groups is 1. The van der Waals surface area contributed by atoms with Crippen molar-refractivity contribution in [3.8, 4) is 0 Å². The van der Waals surface area contributed by atoms with Crippen LogP contribution in [0.3, 0.4) is 0 Å². The van der Waals surface area contributed by atoms with Gasteiger partial charge in [-0.2, -0.15) is 0 Å². The molecule has 1 atom stereocenters. The molecule has 1 aromatic heterocycles. The maximum atomic E-state index is 12.5. The molecule has 25 heavy (non-hydrogen) atoms. The molecule has 1 rings (SSSR count). The SMILES string of the molecule is CCCN(CCC)CC(C)(CCC)CNC(=O)c1noc(CC)c1C. The highest BCUT2D eigenvalue weighted by Crippen LogP contribution is 2.25. The molecule has 1 amide bonds. The van der Waals surface area contributed by atoms with E-state index in [-0.39, 0.29) is 11.3 Å². The van der Waals surface area contributed by atoms with Gasteiger partial charge in [0, 0.05) is 25.1 Å². The molecular formula is C20H37N3O2. The first-order chi connectivity index (χ1) is 11.9. The van der Waals surface area contributed by atoms with Gasteiger partial charge in [-0.15, -0.1) is 0 Å². The second kappa shape index (κ2) is 10.6. The van der Waals surface area contributed by atoms with Crippen LogP contribution in [0.2, 0.25) is 0 Å². The van der Waals surface area contributed by atoms with Gasteiger partial charge in [0.15, 0.2) is 5.69 Å². The van der Waals surface area contributed by atoms with E-state index < -0.39 is 0 Å². The van der Waals surface area contributed by atoms with Crippen molar-refractivity contribution in [3.63, 3.8) is 0 Å². The highest BCUT2D eigenvalue weighted by atomic mass is 16.5. The molecule has 0 spiro atoms. The fourth-order valence-electron chi connectivity index (χ4n) is 3.56. The van der Waals surface area contributed by atoms with Gasteiger partial charge in [-0.1, -0.05) is 46.2 Å². The van der Waals surface area contributed by atoms with E-state index in [1.54, 1.807) is 0 Å². The molecule has 1 unspecified atom stereocenters. The standard InChI is InChI=1S/C20H37N3O2/c1-7-11-20(6,15-23(12-8-2)13-9-3)14-21-19(24)18-16(5)17(10-4)25-22-18/h7-15H2,1-6H3,(H,21,24). The Balaban J connectivity index is 2.75. The van der Waals surface area contributed by atoms with Crippen molar-refractivity contribution in [3.05, 3.63) is 17.0 Å². The number of hydrogen-bond donors (Lipinski definition) is 1. The third-order valence-electron chi connectivity index (χ3n) is 4.77. The molecule has 0 saturated carbocycles. The van der Waals surface area contributed by atoms with Gasteiger partial charge in [0.2, 0.25) is 0 Å². The number of nitrogens with zero attached hydrogens (tertiary/aromatic N) is 2. The number of carbonyl (C=O) groups excluding carboxylic acids is 1. The van der Waals surface area contributed by atoms with E-state index in [9.17, 15) is 4.79 Å². The first-order valence-electron chi connectivity index (χ1n) is 9.86. The minimum Gasteiger partial charge on any atom is -0.360 e. The summed E-state index contributed by atoms with van der Waals surface area (Å²) in [6.07, 6.45) is 5.28. The number of rotatable bonds is 12. The average molecular weight is 352 g/mol. The smallest absolute Gasteiger partial charge is 0.273 e. The molecule has 1 aromatic rings. The summed E-state index contributed by atoms with van der Waals surface area (Å²) < 4.78 is 5.25. The molecule has 144 valence electrons. The lowest BCUT2D eigenvalue weighted by molar-refractivity contribution is 0.0895. The third-order valence-corrected chi connectivity index (χ3v) is 4.77. The van der Waals surface area contributed by atoms with Crippen molar-refractivity contribution in [2.75, 3.05) is 26.2 Å². The van der Waals surface area contributed by atoms with Gasteiger partial charge in [-0.25, -0.2) is 0 Å². The summed E-state index contributed by atoms with van der Waals surface area (Å²) >= 11 is 0. The summed E-state index contributed by atoms with van der Waals surface area (Å²) in [5.41, 5.74) is 1.35. The molecule has 0 aliphatic heterocycles. The number of amides is 1. The molecule has 1 N–H and O–H groups in total. The maximum Gasteiger partial charge on any atom is 0.273 e. The Morgan fingerprint density at radius 1 is 1.16 bits per heavy atom. The number of hydrogen-bond acceptors (Lipinski definition) is 4. The Morgan fingerprint density at radius 3 is 2.28 bits per heavy atom. The van der Waals surface area contributed by atoms with Crippen LogP contribution in [-0.2, 0) is 6.42 Å². The van der Waals surface area contributed by atoms with Crippen LogP contribution in [0.1, 0.15) is 82.1 Å². The summed E-state index contributed by atoms with van der Waals surface area (Å²) in [6, 6.07) is 0. The number of aromatic nitrogens is 1. The predicted molar refractivity (Wildman–Crippen MR) is 103 cm³/mol. The highest BCUT2D eigenvalue weighted by Gasteiger charge is 2.28. The van der Waals surface area contributed by atoms with Crippen molar-refractivity contribution < 1.29 is 9.32 Å². The first kappa shape index (κ1) is 21.7. The van der Waals surface area contributed by atoms with Crippen LogP contribution >= 0.6 is 0 Å². The molecule has 0 aliphatic carbocycles. The molecule has 0 aromatic carbocycles. The molecule has 1 heterocycles. The summed E-state index contributed by atoms with van der Waals surface area (Å²) in [4.78, 5) is 15.1. The van der Waals surface area contributed by atoms with E-state index in [1.807, 2.05) is 13.8 Å². The zero-order chi connectivity index (χ0) is 18.9. The molecule has 0 radical (unpaired) electrons. The van der Waals surface area contributed by atoms with Gasteiger partial charge in [0.25, 0.3) is 5.91 Å². The minimum absolute atomic E-state index is 0.0694. The van der Waals surface area contributed by atoms with E-state index in [2.05, 4.69) is 43.1 Å². The lowest BCUT2D eigenvalue weighted by atomic mass is 9.84. The zero-order valence-electron chi connectivity index (χ0n) is 17.1. The van der Waals surface area contributed by atoms with Crippen LogP contribution in [0.4, 0.5) is 0 Å². The van der Waals surface area contributed by atoms with Crippen LogP contribution in [0.25, 0.3) is 0 Å². The molecule has 0 fully saturated rings. The summed E-state index contributed by atoms with van der Waals surface area (Å²) in [5, 5.41) is 7.06. The van der Waals surface area contributed by atoms with Gasteiger partial charge < -0.3 is 14.7 Å². The fraction of sp³-hybridized carbons (Fsp3) is 0.800. The summed E-state index contributed by atoms with van der Waals surface area (Å²) in [5.74, 6) is 0.666. The molecule has 5 heteroatoms. The Hall–Kier alpha value is -1.36. The van der Waals surface area contributed by atoms with E-state index >= 15 is 0 Å². The third kappa shape index (κ3) is 6.46. The Labute approximate surface area is 153 Å².